The van der Waals surface area contributed by atoms with E-state index in [1.807, 2.05) is 24.3 Å². The first-order valence-corrected chi connectivity index (χ1v) is 9.05. The Morgan fingerprint density at radius 3 is 2.40 bits per heavy atom. The maximum absolute atomic E-state index is 13.7. The molecule has 0 aliphatic rings. The van der Waals surface area contributed by atoms with Crippen molar-refractivity contribution in [2.75, 3.05) is 25.0 Å². The Labute approximate surface area is 155 Å². The molecule has 1 atom stereocenters. The molecule has 0 aromatic heterocycles. The van der Waals surface area contributed by atoms with Crippen molar-refractivity contribution < 1.29 is 4.39 Å². The van der Waals surface area contributed by atoms with Gasteiger partial charge in [0.2, 0.25) is 0 Å². The van der Waals surface area contributed by atoms with Crippen molar-refractivity contribution in [2.45, 2.75) is 26.8 Å². The fraction of sp³-hybridized carbons (Fsp3) is 0.350. The first-order valence-electron chi connectivity index (χ1n) is 8.64. The molecule has 2 aromatic rings. The molecular formula is C20H26FN3S. The summed E-state index contributed by atoms with van der Waals surface area (Å²) in [4.78, 5) is 2.35. The highest BCUT2D eigenvalue weighted by Gasteiger charge is 2.15. The SMILES string of the molecule is CCN(CC)C[C@@H](NC(=S)Nc1ccc(C)c(F)c1)c1ccccc1. The molecule has 0 radical (unpaired) electrons. The van der Waals surface area contributed by atoms with Crippen LogP contribution in [0.3, 0.4) is 0 Å². The number of rotatable bonds is 7. The number of nitrogens with one attached hydrogen (secondary N) is 2. The van der Waals surface area contributed by atoms with Crippen molar-refractivity contribution in [3.05, 3.63) is 65.5 Å². The average molecular weight is 360 g/mol. The van der Waals surface area contributed by atoms with Gasteiger partial charge in [-0.1, -0.05) is 50.2 Å². The van der Waals surface area contributed by atoms with Gasteiger partial charge in [0.05, 0.1) is 6.04 Å². The summed E-state index contributed by atoms with van der Waals surface area (Å²) in [5.41, 5.74) is 2.44. The van der Waals surface area contributed by atoms with E-state index in [0.29, 0.717) is 16.4 Å². The van der Waals surface area contributed by atoms with Gasteiger partial charge in [0.15, 0.2) is 5.11 Å². The molecule has 0 fully saturated rings. The molecular weight excluding hydrogens is 333 g/mol. The van der Waals surface area contributed by atoms with Crippen molar-refractivity contribution in [1.29, 1.82) is 0 Å². The second-order valence-corrected chi connectivity index (χ2v) is 6.42. The summed E-state index contributed by atoms with van der Waals surface area (Å²) in [6.45, 7) is 8.84. The van der Waals surface area contributed by atoms with Crippen LogP contribution >= 0.6 is 12.2 Å². The van der Waals surface area contributed by atoms with E-state index >= 15 is 0 Å². The minimum atomic E-state index is -0.240. The third kappa shape index (κ3) is 5.80. The summed E-state index contributed by atoms with van der Waals surface area (Å²) in [6.07, 6.45) is 0. The molecule has 0 heterocycles. The number of nitrogens with zero attached hydrogens (tertiary/aromatic N) is 1. The van der Waals surface area contributed by atoms with Crippen LogP contribution in [-0.2, 0) is 0 Å². The van der Waals surface area contributed by atoms with Gasteiger partial charge in [-0.25, -0.2) is 4.39 Å². The van der Waals surface area contributed by atoms with E-state index in [1.165, 1.54) is 11.6 Å². The molecule has 2 rings (SSSR count). The van der Waals surface area contributed by atoms with Gasteiger partial charge >= 0.3 is 0 Å². The van der Waals surface area contributed by atoms with Crippen LogP contribution in [0.2, 0.25) is 0 Å². The molecule has 134 valence electrons. The van der Waals surface area contributed by atoms with Crippen LogP contribution in [0.25, 0.3) is 0 Å². The number of hydrogen-bond acceptors (Lipinski definition) is 2. The number of benzene rings is 2. The number of anilines is 1. The summed E-state index contributed by atoms with van der Waals surface area (Å²) in [7, 11) is 0. The zero-order valence-corrected chi connectivity index (χ0v) is 15.9. The maximum Gasteiger partial charge on any atom is 0.171 e. The lowest BCUT2D eigenvalue weighted by Crippen LogP contribution is -2.39. The third-order valence-electron chi connectivity index (χ3n) is 4.27. The zero-order valence-electron chi connectivity index (χ0n) is 15.1. The minimum absolute atomic E-state index is 0.0661. The van der Waals surface area contributed by atoms with Gasteiger partial charge in [-0.15, -0.1) is 0 Å². The normalized spacial score (nSPS) is 12.0. The van der Waals surface area contributed by atoms with Crippen molar-refractivity contribution in [3.8, 4) is 0 Å². The summed E-state index contributed by atoms with van der Waals surface area (Å²) in [6, 6.07) is 15.3. The molecule has 0 saturated heterocycles. The van der Waals surface area contributed by atoms with Crippen LogP contribution in [0, 0.1) is 12.7 Å². The molecule has 0 aliphatic carbocycles. The quantitative estimate of drug-likeness (QED) is 0.712. The van der Waals surface area contributed by atoms with Crippen LogP contribution in [0.5, 0.6) is 0 Å². The summed E-state index contributed by atoms with van der Waals surface area (Å²) in [5, 5.41) is 6.94. The van der Waals surface area contributed by atoms with E-state index in [9.17, 15) is 4.39 Å². The van der Waals surface area contributed by atoms with Crippen LogP contribution in [-0.4, -0.2) is 29.6 Å². The van der Waals surface area contributed by atoms with Gasteiger partial charge in [0.25, 0.3) is 0 Å². The van der Waals surface area contributed by atoms with Gasteiger partial charge in [-0.2, -0.15) is 0 Å². The molecule has 0 aliphatic heterocycles. The molecule has 0 saturated carbocycles. The highest BCUT2D eigenvalue weighted by molar-refractivity contribution is 7.80. The Morgan fingerprint density at radius 2 is 1.80 bits per heavy atom. The number of aryl methyl sites for hydroxylation is 1. The predicted molar refractivity (Wildman–Crippen MR) is 107 cm³/mol. The van der Waals surface area contributed by atoms with E-state index in [4.69, 9.17) is 12.2 Å². The van der Waals surface area contributed by atoms with E-state index in [2.05, 4.69) is 41.5 Å². The van der Waals surface area contributed by atoms with Crippen molar-refractivity contribution in [3.63, 3.8) is 0 Å². The summed E-state index contributed by atoms with van der Waals surface area (Å²) >= 11 is 5.45. The van der Waals surface area contributed by atoms with E-state index in [0.717, 1.165) is 19.6 Å². The average Bonchev–Trinajstić information content (AvgIpc) is 2.62. The minimum Gasteiger partial charge on any atom is -0.354 e. The summed E-state index contributed by atoms with van der Waals surface area (Å²) < 4.78 is 13.7. The third-order valence-corrected chi connectivity index (χ3v) is 4.49. The molecule has 0 spiro atoms. The fourth-order valence-corrected chi connectivity index (χ4v) is 2.92. The second-order valence-electron chi connectivity index (χ2n) is 6.01. The van der Waals surface area contributed by atoms with Crippen LogP contribution < -0.4 is 10.6 Å². The molecule has 2 N–H and O–H groups in total. The molecule has 25 heavy (non-hydrogen) atoms. The Bertz CT molecular complexity index is 687. The molecule has 2 aromatic carbocycles. The Morgan fingerprint density at radius 1 is 1.12 bits per heavy atom. The van der Waals surface area contributed by atoms with Gasteiger partial charge < -0.3 is 15.5 Å². The number of halogens is 1. The van der Waals surface area contributed by atoms with E-state index < -0.39 is 0 Å². The largest absolute Gasteiger partial charge is 0.354 e. The highest BCUT2D eigenvalue weighted by atomic mass is 32.1. The van der Waals surface area contributed by atoms with Gasteiger partial charge in [0.1, 0.15) is 5.82 Å². The van der Waals surface area contributed by atoms with Crippen LogP contribution in [0.4, 0.5) is 10.1 Å². The van der Waals surface area contributed by atoms with Crippen LogP contribution in [0.1, 0.15) is 31.0 Å². The van der Waals surface area contributed by atoms with Crippen molar-refractivity contribution in [2.24, 2.45) is 0 Å². The smallest absolute Gasteiger partial charge is 0.171 e. The van der Waals surface area contributed by atoms with Crippen molar-refractivity contribution in [1.82, 2.24) is 10.2 Å². The monoisotopic (exact) mass is 359 g/mol. The van der Waals surface area contributed by atoms with E-state index in [1.54, 1.807) is 13.0 Å². The van der Waals surface area contributed by atoms with Crippen LogP contribution in [0.15, 0.2) is 48.5 Å². The molecule has 0 amide bonds. The van der Waals surface area contributed by atoms with Gasteiger partial charge in [0, 0.05) is 12.2 Å². The fourth-order valence-electron chi connectivity index (χ4n) is 2.66. The molecule has 0 bridgehead atoms. The maximum atomic E-state index is 13.7. The Kier molecular flexibility index (Phi) is 7.34. The molecule has 0 unspecified atom stereocenters. The topological polar surface area (TPSA) is 27.3 Å². The first-order chi connectivity index (χ1) is 12.0. The lowest BCUT2D eigenvalue weighted by atomic mass is 10.1. The highest BCUT2D eigenvalue weighted by Crippen LogP contribution is 2.16. The number of likely N-dealkylation sites (N-methyl/N-ethyl adjacent to an activating group) is 1. The predicted octanol–water partition coefficient (Wildman–Crippen LogP) is 4.50. The van der Waals surface area contributed by atoms with Crippen molar-refractivity contribution >= 4 is 23.0 Å². The molecule has 3 nitrogen and oxygen atoms in total. The Balaban J connectivity index is 2.09. The number of hydrogen-bond donors (Lipinski definition) is 2. The second kappa shape index (κ2) is 9.49. The van der Waals surface area contributed by atoms with Gasteiger partial charge in [-0.3, -0.25) is 0 Å². The molecule has 5 heteroatoms. The Hall–Kier alpha value is -1.98. The lowest BCUT2D eigenvalue weighted by molar-refractivity contribution is 0.277. The summed E-state index contributed by atoms with van der Waals surface area (Å²) in [5.74, 6) is -0.240. The van der Waals surface area contributed by atoms with Gasteiger partial charge in [-0.05, 0) is 55.5 Å². The number of thiocarbonyl (C=S) groups is 1. The zero-order chi connectivity index (χ0) is 18.2. The first kappa shape index (κ1) is 19.3. The standard InChI is InChI=1S/C20H26FN3S/c1-4-24(5-2)14-19(16-9-7-6-8-10-16)23-20(25)22-17-12-11-15(3)18(21)13-17/h6-13,19H,4-5,14H2,1-3H3,(H2,22,23,25)/t19-/m1/s1. The van der Waals surface area contributed by atoms with E-state index in [-0.39, 0.29) is 11.9 Å². The lowest BCUT2D eigenvalue weighted by Gasteiger charge is -2.27.